The number of para-hydroxylation sites is 1. The summed E-state index contributed by atoms with van der Waals surface area (Å²) in [5, 5.41) is 11.7. The summed E-state index contributed by atoms with van der Waals surface area (Å²) < 4.78 is 45.0. The average Bonchev–Trinajstić information content (AvgIpc) is 3.04. The van der Waals surface area contributed by atoms with Gasteiger partial charge in [-0.3, -0.25) is 15.0 Å². The molecular weight excluding hydrogens is 409 g/mol. The highest BCUT2D eigenvalue weighted by Gasteiger charge is 2.28. The number of nitrogens with zero attached hydrogens (tertiary/aromatic N) is 2. The third kappa shape index (κ3) is 5.22. The second kappa shape index (κ2) is 8.05. The number of pyridine rings is 1. The van der Waals surface area contributed by atoms with Crippen LogP contribution in [0.15, 0.2) is 42.7 Å². The number of rotatable bonds is 4. The third-order valence-electron chi connectivity index (χ3n) is 4.36. The van der Waals surface area contributed by atoms with Crippen LogP contribution >= 0.6 is 0 Å². The molecule has 164 valence electrons. The molecule has 0 spiro atoms. The smallest absolute Gasteiger partial charge is 0.419 e. The first-order valence-corrected chi connectivity index (χ1v) is 9.56. The van der Waals surface area contributed by atoms with Crippen LogP contribution in [0.25, 0.3) is 10.9 Å². The zero-order chi connectivity index (χ0) is 23.0. The molecule has 0 amide bonds. The lowest BCUT2D eigenvalue weighted by Crippen LogP contribution is -2.26. The van der Waals surface area contributed by atoms with Crippen LogP contribution in [0.1, 0.15) is 37.6 Å². The normalized spacial score (nSPS) is 12.1. The summed E-state index contributed by atoms with van der Waals surface area (Å²) in [6, 6.07) is 8.43. The van der Waals surface area contributed by atoms with E-state index in [-0.39, 0.29) is 17.0 Å². The molecule has 0 fully saturated rings. The van der Waals surface area contributed by atoms with Gasteiger partial charge in [-0.05, 0) is 39.8 Å². The highest BCUT2D eigenvalue weighted by molar-refractivity contribution is 6.20. The lowest BCUT2D eigenvalue weighted by molar-refractivity contribution is -0.115. The molecule has 2 heterocycles. The van der Waals surface area contributed by atoms with Crippen molar-refractivity contribution >= 4 is 28.4 Å². The zero-order valence-electron chi connectivity index (χ0n) is 17.6. The van der Waals surface area contributed by atoms with Crippen LogP contribution in [0.2, 0.25) is 0 Å². The van der Waals surface area contributed by atoms with Gasteiger partial charge in [0.1, 0.15) is 12.1 Å². The Morgan fingerprint density at radius 2 is 1.87 bits per heavy atom. The monoisotopic (exact) mass is 432 g/mol. The van der Waals surface area contributed by atoms with E-state index < -0.39 is 24.4 Å². The maximum Gasteiger partial charge on any atom is 0.419 e. The van der Waals surface area contributed by atoms with Gasteiger partial charge in [-0.25, -0.2) is 4.79 Å². The van der Waals surface area contributed by atoms with Gasteiger partial charge in [0, 0.05) is 40.3 Å². The average molecular weight is 432 g/mol. The predicted molar refractivity (Wildman–Crippen MR) is 113 cm³/mol. The van der Waals surface area contributed by atoms with E-state index in [1.807, 2.05) is 0 Å². The fourth-order valence-corrected chi connectivity index (χ4v) is 3.09. The summed E-state index contributed by atoms with van der Waals surface area (Å²) in [7, 11) is 0. The molecule has 31 heavy (non-hydrogen) atoms. The molecule has 0 saturated heterocycles. The molecule has 6 nitrogen and oxygen atoms in total. The van der Waals surface area contributed by atoms with Gasteiger partial charge in [0.25, 0.3) is 0 Å². The number of carbonyl (C=O) groups excluding carboxylic acids is 1. The summed E-state index contributed by atoms with van der Waals surface area (Å²) in [4.78, 5) is 16.8. The Hall–Kier alpha value is -3.36. The van der Waals surface area contributed by atoms with Crippen molar-refractivity contribution in [2.24, 2.45) is 0 Å². The first kappa shape index (κ1) is 22.3. The van der Waals surface area contributed by atoms with Crippen molar-refractivity contribution in [3.8, 4) is 0 Å². The van der Waals surface area contributed by atoms with Crippen molar-refractivity contribution in [1.29, 1.82) is 5.41 Å². The number of carbonyl (C=O) groups is 1. The fourth-order valence-electron chi connectivity index (χ4n) is 3.09. The minimum atomic E-state index is -4.41. The first-order valence-electron chi connectivity index (χ1n) is 9.56. The Morgan fingerprint density at radius 3 is 2.52 bits per heavy atom. The predicted octanol–water partition coefficient (Wildman–Crippen LogP) is 5.52. The number of halogens is 3. The van der Waals surface area contributed by atoms with Crippen LogP contribution in [-0.2, 0) is 4.74 Å². The number of benzene rings is 1. The Balaban J connectivity index is 2.07. The number of aromatic nitrogens is 2. The maximum absolute atomic E-state index is 12.7. The van der Waals surface area contributed by atoms with Gasteiger partial charge < -0.3 is 10.1 Å². The van der Waals surface area contributed by atoms with Crippen molar-refractivity contribution in [3.63, 3.8) is 0 Å². The number of ether oxygens (including phenoxy) is 1. The lowest BCUT2D eigenvalue weighted by Gasteiger charge is -2.19. The lowest BCUT2D eigenvalue weighted by atomic mass is 10.0. The molecule has 0 unspecified atom stereocenters. The molecule has 9 heteroatoms. The molecule has 0 bridgehead atoms. The molecule has 0 aliphatic rings. The molecule has 0 atom stereocenters. The zero-order valence-corrected chi connectivity index (χ0v) is 17.6. The molecule has 1 aromatic carbocycles. The van der Waals surface area contributed by atoms with E-state index in [1.54, 1.807) is 52.0 Å². The summed E-state index contributed by atoms with van der Waals surface area (Å²) in [5.74, 6) is 0. The van der Waals surface area contributed by atoms with Gasteiger partial charge in [0.15, 0.2) is 0 Å². The Bertz CT molecular complexity index is 1140. The number of hydrogen-bond donors (Lipinski definition) is 2. The van der Waals surface area contributed by atoms with Crippen molar-refractivity contribution in [2.45, 2.75) is 39.5 Å². The van der Waals surface area contributed by atoms with E-state index >= 15 is 0 Å². The van der Waals surface area contributed by atoms with Gasteiger partial charge in [-0.2, -0.15) is 13.2 Å². The molecule has 0 aliphatic carbocycles. The van der Waals surface area contributed by atoms with E-state index in [2.05, 4.69) is 10.3 Å². The maximum atomic E-state index is 12.7. The highest BCUT2D eigenvalue weighted by atomic mass is 19.4. The molecule has 3 rings (SSSR count). The van der Waals surface area contributed by atoms with Crippen LogP contribution in [0, 0.1) is 12.3 Å². The number of fused-ring (bicyclic) bond motifs is 1. The van der Waals surface area contributed by atoms with Gasteiger partial charge in [0.05, 0.1) is 11.2 Å². The number of nitrogens with one attached hydrogen (secondary N) is 2. The second-order valence-electron chi connectivity index (χ2n) is 8.13. The second-order valence-corrected chi connectivity index (χ2v) is 8.13. The van der Waals surface area contributed by atoms with E-state index in [0.717, 1.165) is 0 Å². The van der Waals surface area contributed by atoms with Crippen molar-refractivity contribution in [2.75, 3.05) is 11.9 Å². The molecule has 0 radical (unpaired) electrons. The minimum Gasteiger partial charge on any atom is -0.443 e. The van der Waals surface area contributed by atoms with Crippen LogP contribution < -0.4 is 5.32 Å². The van der Waals surface area contributed by atoms with Gasteiger partial charge in [-0.15, -0.1) is 0 Å². The number of aryl methyl sites for hydroxylation is 1. The highest BCUT2D eigenvalue weighted by Crippen LogP contribution is 2.28. The van der Waals surface area contributed by atoms with Gasteiger partial charge in [0.2, 0.25) is 0 Å². The van der Waals surface area contributed by atoms with Crippen LogP contribution in [-0.4, -0.2) is 39.7 Å². The van der Waals surface area contributed by atoms with Crippen LogP contribution in [0.3, 0.4) is 0 Å². The van der Waals surface area contributed by atoms with Crippen molar-refractivity contribution in [3.05, 3.63) is 59.5 Å². The van der Waals surface area contributed by atoms with Crippen molar-refractivity contribution < 1.29 is 22.7 Å². The summed E-state index contributed by atoms with van der Waals surface area (Å²) in [6.45, 7) is 5.65. The van der Waals surface area contributed by atoms with E-state index in [1.165, 1.54) is 23.0 Å². The Labute approximate surface area is 177 Å². The van der Waals surface area contributed by atoms with Gasteiger partial charge in [-0.1, -0.05) is 18.2 Å². The molecule has 2 N–H and O–H groups in total. The molecule has 3 aromatic rings. The molecule has 0 saturated carbocycles. The first-order chi connectivity index (χ1) is 14.4. The summed E-state index contributed by atoms with van der Waals surface area (Å²) in [6.07, 6.45) is -2.20. The molecule has 0 aliphatic heterocycles. The van der Waals surface area contributed by atoms with E-state index in [0.29, 0.717) is 22.2 Å². The molecular formula is C22H23F3N4O2. The number of anilines is 1. The standard InChI is InChI=1S/C22H23F3N4O2/c1-13-9-17(28-12-22(23,24)25)15(10-27-13)19(26)16-11-29(20(30)31-21(2,3)4)18-8-6-5-7-14(16)18/h5-11,26H,12H2,1-4H3,(H,27,28). The third-order valence-corrected chi connectivity index (χ3v) is 4.36. The number of hydrogen-bond acceptors (Lipinski definition) is 5. The Kier molecular flexibility index (Phi) is 5.80. The van der Waals surface area contributed by atoms with Crippen LogP contribution in [0.4, 0.5) is 23.7 Å². The minimum absolute atomic E-state index is 0.0596. The SMILES string of the molecule is Cc1cc(NCC(F)(F)F)c(C(=N)c2cn(C(=O)OC(C)(C)C)c3ccccc23)cn1. The van der Waals surface area contributed by atoms with Crippen molar-refractivity contribution in [1.82, 2.24) is 9.55 Å². The van der Waals surface area contributed by atoms with Gasteiger partial charge >= 0.3 is 12.3 Å². The number of alkyl halides is 3. The fraction of sp³-hybridized carbons (Fsp3) is 0.318. The molecule has 2 aromatic heterocycles. The van der Waals surface area contributed by atoms with Crippen LogP contribution in [0.5, 0.6) is 0 Å². The largest absolute Gasteiger partial charge is 0.443 e. The Morgan fingerprint density at radius 1 is 1.19 bits per heavy atom. The summed E-state index contributed by atoms with van der Waals surface area (Å²) >= 11 is 0. The summed E-state index contributed by atoms with van der Waals surface area (Å²) in [5.41, 5.74) is 0.980. The topological polar surface area (TPSA) is 80.0 Å². The quantitative estimate of drug-likeness (QED) is 0.532. The van der Waals surface area contributed by atoms with E-state index in [9.17, 15) is 18.0 Å². The van der Waals surface area contributed by atoms with E-state index in [4.69, 9.17) is 10.1 Å².